The van der Waals surface area contributed by atoms with Gasteiger partial charge in [-0.05, 0) is 31.6 Å². The van der Waals surface area contributed by atoms with Gasteiger partial charge < -0.3 is 9.47 Å². The van der Waals surface area contributed by atoms with Crippen LogP contribution in [0.4, 0.5) is 26.3 Å². The predicted octanol–water partition coefficient (Wildman–Crippen LogP) is 5.36. The highest BCUT2D eigenvalue weighted by atomic mass is 19.3. The van der Waals surface area contributed by atoms with Gasteiger partial charge in [0.1, 0.15) is 0 Å². The van der Waals surface area contributed by atoms with Gasteiger partial charge in [0.25, 0.3) is 0 Å². The molecular formula is C17H29F6NO2. The number of hydrogen-bond donors (Lipinski definition) is 0. The van der Waals surface area contributed by atoms with E-state index in [-0.39, 0.29) is 13.1 Å². The summed E-state index contributed by atoms with van der Waals surface area (Å²) >= 11 is 0. The van der Waals surface area contributed by atoms with Gasteiger partial charge in [0.2, 0.25) is 0 Å². The molecule has 0 spiro atoms. The standard InChI is InChI=1S/C9H16F2O.C8H13F4NO/c1-7-3-5-8(6-4-7)9(10,11)12-2;1-14-8(11,12)7(9,10)13-5-3-2-4-6-13/h7-8H,3-6H2,1-2H3;2-6H2,1H3. The van der Waals surface area contributed by atoms with Gasteiger partial charge >= 0.3 is 18.3 Å². The largest absolute Gasteiger partial charge is 0.434 e. The Labute approximate surface area is 151 Å². The van der Waals surface area contributed by atoms with Crippen molar-refractivity contribution in [2.24, 2.45) is 11.8 Å². The number of methoxy groups -OCH3 is 2. The number of rotatable bonds is 5. The molecule has 2 aliphatic rings. The van der Waals surface area contributed by atoms with Gasteiger partial charge in [-0.1, -0.05) is 26.2 Å². The van der Waals surface area contributed by atoms with Crippen molar-refractivity contribution in [3.8, 4) is 0 Å². The number of likely N-dealkylation sites (tertiary alicyclic amines) is 1. The zero-order chi connectivity index (χ0) is 20.0. The van der Waals surface area contributed by atoms with Gasteiger partial charge in [-0.25, -0.2) is 4.90 Å². The van der Waals surface area contributed by atoms with Crippen molar-refractivity contribution in [1.29, 1.82) is 0 Å². The van der Waals surface area contributed by atoms with Crippen LogP contribution in [0.3, 0.4) is 0 Å². The van der Waals surface area contributed by atoms with Gasteiger partial charge in [-0.2, -0.15) is 26.3 Å². The Kier molecular flexibility index (Phi) is 8.67. The molecule has 1 saturated heterocycles. The summed E-state index contributed by atoms with van der Waals surface area (Å²) in [5, 5.41) is 0. The summed E-state index contributed by atoms with van der Waals surface area (Å²) in [6, 6.07) is -4.21. The van der Waals surface area contributed by atoms with Crippen molar-refractivity contribution in [2.45, 2.75) is 70.1 Å². The first-order valence-corrected chi connectivity index (χ1v) is 8.96. The van der Waals surface area contributed by atoms with E-state index in [1.165, 1.54) is 0 Å². The lowest BCUT2D eigenvalue weighted by atomic mass is 9.82. The molecule has 1 aliphatic carbocycles. The maximum absolute atomic E-state index is 13.1. The Bertz CT molecular complexity index is 408. The molecule has 1 saturated carbocycles. The third-order valence-electron chi connectivity index (χ3n) is 5.12. The first-order chi connectivity index (χ1) is 12.0. The Hall–Kier alpha value is -0.540. The molecule has 156 valence electrons. The van der Waals surface area contributed by atoms with E-state index in [1.54, 1.807) is 0 Å². The quantitative estimate of drug-likeness (QED) is 0.464. The Balaban J connectivity index is 0.000000263. The lowest BCUT2D eigenvalue weighted by Gasteiger charge is -2.36. The number of ether oxygens (including phenoxy) is 2. The van der Waals surface area contributed by atoms with Crippen molar-refractivity contribution in [1.82, 2.24) is 4.90 Å². The molecule has 2 rings (SSSR count). The Morgan fingerprint density at radius 1 is 0.769 bits per heavy atom. The first-order valence-electron chi connectivity index (χ1n) is 8.96. The fourth-order valence-corrected chi connectivity index (χ4v) is 3.24. The summed E-state index contributed by atoms with van der Waals surface area (Å²) in [6.07, 6.45) is -2.45. The Morgan fingerprint density at radius 2 is 1.27 bits per heavy atom. The fourth-order valence-electron chi connectivity index (χ4n) is 3.24. The lowest BCUT2D eigenvalue weighted by Crippen LogP contribution is -2.56. The minimum absolute atomic E-state index is 0.00799. The highest BCUT2D eigenvalue weighted by Gasteiger charge is 2.61. The Morgan fingerprint density at radius 3 is 1.69 bits per heavy atom. The maximum atomic E-state index is 13.1. The van der Waals surface area contributed by atoms with E-state index in [9.17, 15) is 26.3 Å². The number of nitrogens with zero attached hydrogens (tertiary/aromatic N) is 1. The minimum atomic E-state index is -4.41. The second-order valence-corrected chi connectivity index (χ2v) is 7.03. The number of hydrogen-bond acceptors (Lipinski definition) is 3. The zero-order valence-electron chi connectivity index (χ0n) is 15.6. The van der Waals surface area contributed by atoms with Crippen LogP contribution in [0.25, 0.3) is 0 Å². The summed E-state index contributed by atoms with van der Waals surface area (Å²) < 4.78 is 85.3. The van der Waals surface area contributed by atoms with Crippen molar-refractivity contribution < 1.29 is 35.8 Å². The molecule has 26 heavy (non-hydrogen) atoms. The van der Waals surface area contributed by atoms with Gasteiger partial charge in [0.15, 0.2) is 0 Å². The monoisotopic (exact) mass is 393 g/mol. The van der Waals surface area contributed by atoms with E-state index < -0.39 is 24.2 Å². The number of halogens is 6. The molecule has 0 aromatic heterocycles. The molecule has 0 N–H and O–H groups in total. The van der Waals surface area contributed by atoms with Crippen LogP contribution in [0.15, 0.2) is 0 Å². The van der Waals surface area contributed by atoms with E-state index >= 15 is 0 Å². The van der Waals surface area contributed by atoms with Crippen LogP contribution in [0.2, 0.25) is 0 Å². The summed E-state index contributed by atoms with van der Waals surface area (Å²) in [7, 11) is 1.66. The molecule has 0 unspecified atom stereocenters. The molecule has 1 aliphatic heterocycles. The SMILES string of the molecule is COC(F)(F)C(F)(F)N1CCCCC1.COC(F)(F)C1CCC(C)CC1. The lowest BCUT2D eigenvalue weighted by molar-refractivity contribution is -0.384. The molecule has 0 amide bonds. The van der Waals surface area contributed by atoms with Crippen LogP contribution in [0.1, 0.15) is 51.9 Å². The second-order valence-electron chi connectivity index (χ2n) is 7.03. The molecule has 1 heterocycles. The van der Waals surface area contributed by atoms with Gasteiger partial charge in [0.05, 0.1) is 5.92 Å². The number of piperidine rings is 1. The van der Waals surface area contributed by atoms with Crippen LogP contribution in [0, 0.1) is 11.8 Å². The van der Waals surface area contributed by atoms with Crippen LogP contribution in [-0.4, -0.2) is 50.5 Å². The third-order valence-corrected chi connectivity index (χ3v) is 5.12. The smallest absolute Gasteiger partial charge is 0.324 e. The predicted molar refractivity (Wildman–Crippen MR) is 85.4 cm³/mol. The van der Waals surface area contributed by atoms with E-state index in [0.717, 1.165) is 26.4 Å². The highest BCUT2D eigenvalue weighted by molar-refractivity contribution is 4.80. The van der Waals surface area contributed by atoms with E-state index in [0.29, 0.717) is 43.6 Å². The number of alkyl halides is 6. The van der Waals surface area contributed by atoms with Crippen LogP contribution in [-0.2, 0) is 9.47 Å². The molecule has 3 nitrogen and oxygen atoms in total. The fraction of sp³-hybridized carbons (Fsp3) is 1.00. The molecule has 0 radical (unpaired) electrons. The van der Waals surface area contributed by atoms with Crippen LogP contribution in [0.5, 0.6) is 0 Å². The first kappa shape index (κ1) is 23.5. The van der Waals surface area contributed by atoms with Gasteiger partial charge in [-0.15, -0.1) is 0 Å². The molecular weight excluding hydrogens is 364 g/mol. The van der Waals surface area contributed by atoms with Crippen molar-refractivity contribution >= 4 is 0 Å². The minimum Gasteiger partial charge on any atom is -0.324 e. The van der Waals surface area contributed by atoms with Crippen molar-refractivity contribution in [3.63, 3.8) is 0 Å². The zero-order valence-corrected chi connectivity index (χ0v) is 15.6. The topological polar surface area (TPSA) is 21.7 Å². The van der Waals surface area contributed by atoms with E-state index in [1.807, 2.05) is 0 Å². The third kappa shape index (κ3) is 5.99. The van der Waals surface area contributed by atoms with E-state index in [4.69, 9.17) is 0 Å². The normalized spacial score (nSPS) is 26.2. The van der Waals surface area contributed by atoms with Crippen LogP contribution < -0.4 is 0 Å². The summed E-state index contributed by atoms with van der Waals surface area (Å²) in [5.74, 6) is 0.0487. The molecule has 0 aromatic rings. The molecule has 9 heteroatoms. The van der Waals surface area contributed by atoms with Gasteiger partial charge in [0, 0.05) is 27.3 Å². The van der Waals surface area contributed by atoms with Crippen molar-refractivity contribution in [3.05, 3.63) is 0 Å². The average molecular weight is 393 g/mol. The second kappa shape index (κ2) is 9.59. The van der Waals surface area contributed by atoms with E-state index in [2.05, 4.69) is 16.4 Å². The average Bonchev–Trinajstić information content (AvgIpc) is 2.63. The molecule has 0 aromatic carbocycles. The van der Waals surface area contributed by atoms with Crippen LogP contribution >= 0.6 is 0 Å². The summed E-state index contributed by atoms with van der Waals surface area (Å²) in [5.41, 5.74) is 0. The summed E-state index contributed by atoms with van der Waals surface area (Å²) in [6.45, 7) is 2.10. The maximum Gasteiger partial charge on any atom is 0.434 e. The highest BCUT2D eigenvalue weighted by Crippen LogP contribution is 2.39. The molecule has 0 bridgehead atoms. The van der Waals surface area contributed by atoms with Gasteiger partial charge in [-0.3, -0.25) is 0 Å². The van der Waals surface area contributed by atoms with Crippen molar-refractivity contribution in [2.75, 3.05) is 27.3 Å². The summed E-state index contributed by atoms with van der Waals surface area (Å²) in [4.78, 5) is 0.486. The molecule has 2 fully saturated rings. The molecule has 0 atom stereocenters.